The van der Waals surface area contributed by atoms with Crippen LogP contribution >= 0.6 is 0 Å². The van der Waals surface area contributed by atoms with Crippen LogP contribution in [0.2, 0.25) is 0 Å². The molecule has 1 atom stereocenters. The summed E-state index contributed by atoms with van der Waals surface area (Å²) < 4.78 is 0. The first-order valence-corrected chi connectivity index (χ1v) is 5.44. The van der Waals surface area contributed by atoms with Crippen molar-refractivity contribution in [3.05, 3.63) is 36.0 Å². The van der Waals surface area contributed by atoms with Crippen LogP contribution in [0.25, 0.3) is 0 Å². The number of hydrogen-bond acceptors (Lipinski definition) is 1. The molecule has 0 saturated heterocycles. The predicted molar refractivity (Wildman–Crippen MR) is 61.1 cm³/mol. The molecule has 1 fully saturated rings. The summed E-state index contributed by atoms with van der Waals surface area (Å²) in [5.74, 6) is 0. The topological polar surface area (TPSA) is 20.2 Å². The zero-order valence-electron chi connectivity index (χ0n) is 9.00. The van der Waals surface area contributed by atoms with Crippen LogP contribution in [-0.4, -0.2) is 11.2 Å². The van der Waals surface area contributed by atoms with E-state index in [-0.39, 0.29) is 6.10 Å². The van der Waals surface area contributed by atoms with Crippen molar-refractivity contribution in [1.29, 1.82) is 0 Å². The summed E-state index contributed by atoms with van der Waals surface area (Å²) in [7, 11) is 0. The predicted octanol–water partition coefficient (Wildman–Crippen LogP) is 3.37. The molecule has 1 unspecified atom stereocenters. The highest BCUT2D eigenvalue weighted by Crippen LogP contribution is 2.26. The second-order valence-electron chi connectivity index (χ2n) is 3.92. The van der Waals surface area contributed by atoms with Crippen LogP contribution in [0.5, 0.6) is 0 Å². The Bertz CT molecular complexity index is 248. The summed E-state index contributed by atoms with van der Waals surface area (Å²) in [4.78, 5) is 0. The zero-order chi connectivity index (χ0) is 10.4. The van der Waals surface area contributed by atoms with E-state index in [0.29, 0.717) is 0 Å². The van der Waals surface area contributed by atoms with Gasteiger partial charge in [0.2, 0.25) is 0 Å². The van der Waals surface area contributed by atoms with Crippen molar-refractivity contribution >= 4 is 0 Å². The van der Waals surface area contributed by atoms with Crippen LogP contribution in [-0.2, 0) is 0 Å². The van der Waals surface area contributed by atoms with Crippen molar-refractivity contribution in [3.8, 4) is 0 Å². The molecule has 0 heterocycles. The molecular weight excluding hydrogens is 172 g/mol. The lowest BCUT2D eigenvalue weighted by molar-refractivity contribution is 0.197. The molecule has 0 radical (unpaired) electrons. The maximum Gasteiger partial charge on any atom is 0.0784 e. The normalized spacial score (nSPS) is 26.3. The Morgan fingerprint density at radius 3 is 2.93 bits per heavy atom. The SMILES string of the molecule is C=C1CC/C(=C/C=C/CCC)CC1O. The Morgan fingerprint density at radius 2 is 2.29 bits per heavy atom. The largest absolute Gasteiger partial charge is 0.388 e. The molecule has 1 aliphatic carbocycles. The second kappa shape index (κ2) is 5.82. The summed E-state index contributed by atoms with van der Waals surface area (Å²) >= 11 is 0. The van der Waals surface area contributed by atoms with Crippen LogP contribution in [0.3, 0.4) is 0 Å². The summed E-state index contributed by atoms with van der Waals surface area (Å²) in [5, 5.41) is 9.59. The number of aliphatic hydroxyl groups excluding tert-OH is 1. The first-order chi connectivity index (χ1) is 6.74. The van der Waals surface area contributed by atoms with Crippen molar-refractivity contribution in [2.45, 2.75) is 45.1 Å². The van der Waals surface area contributed by atoms with Crippen LogP contribution in [0.4, 0.5) is 0 Å². The van der Waals surface area contributed by atoms with Crippen molar-refractivity contribution in [2.24, 2.45) is 0 Å². The highest BCUT2D eigenvalue weighted by atomic mass is 16.3. The molecule has 0 bridgehead atoms. The van der Waals surface area contributed by atoms with Crippen molar-refractivity contribution in [2.75, 3.05) is 0 Å². The fraction of sp³-hybridized carbons (Fsp3) is 0.538. The van der Waals surface area contributed by atoms with Gasteiger partial charge < -0.3 is 5.11 Å². The fourth-order valence-corrected chi connectivity index (χ4v) is 1.60. The van der Waals surface area contributed by atoms with Gasteiger partial charge >= 0.3 is 0 Å². The molecule has 14 heavy (non-hydrogen) atoms. The lowest BCUT2D eigenvalue weighted by Gasteiger charge is -2.21. The molecular formula is C13H20O. The number of unbranched alkanes of at least 4 members (excludes halogenated alkanes) is 1. The Labute approximate surface area is 86.8 Å². The number of aliphatic hydroxyl groups is 1. The van der Waals surface area contributed by atoms with E-state index in [1.165, 1.54) is 12.0 Å². The monoisotopic (exact) mass is 192 g/mol. The van der Waals surface area contributed by atoms with Crippen molar-refractivity contribution in [1.82, 2.24) is 0 Å². The molecule has 0 aromatic heterocycles. The average Bonchev–Trinajstić information content (AvgIpc) is 2.18. The lowest BCUT2D eigenvalue weighted by atomic mass is 9.89. The van der Waals surface area contributed by atoms with Crippen LogP contribution in [0, 0.1) is 0 Å². The van der Waals surface area contributed by atoms with E-state index in [9.17, 15) is 5.11 Å². The minimum absolute atomic E-state index is 0.311. The minimum Gasteiger partial charge on any atom is -0.388 e. The molecule has 78 valence electrons. The maximum absolute atomic E-state index is 9.59. The van der Waals surface area contributed by atoms with Gasteiger partial charge in [-0.25, -0.2) is 0 Å². The van der Waals surface area contributed by atoms with E-state index in [1.54, 1.807) is 0 Å². The summed E-state index contributed by atoms with van der Waals surface area (Å²) in [6, 6.07) is 0. The van der Waals surface area contributed by atoms with E-state index in [4.69, 9.17) is 0 Å². The molecule has 1 aliphatic rings. The van der Waals surface area contributed by atoms with Gasteiger partial charge in [-0.1, -0.05) is 43.7 Å². The second-order valence-corrected chi connectivity index (χ2v) is 3.92. The molecule has 1 saturated carbocycles. The molecule has 0 aromatic carbocycles. The van der Waals surface area contributed by atoms with Crippen LogP contribution < -0.4 is 0 Å². The van der Waals surface area contributed by atoms with Crippen LogP contribution in [0.15, 0.2) is 36.0 Å². The van der Waals surface area contributed by atoms with Gasteiger partial charge in [-0.15, -0.1) is 0 Å². The van der Waals surface area contributed by atoms with Gasteiger partial charge in [-0.3, -0.25) is 0 Å². The lowest BCUT2D eigenvalue weighted by Crippen LogP contribution is -2.15. The molecule has 0 amide bonds. The third-order valence-corrected chi connectivity index (χ3v) is 2.62. The Morgan fingerprint density at radius 1 is 1.50 bits per heavy atom. The third-order valence-electron chi connectivity index (χ3n) is 2.62. The standard InChI is InChI=1S/C13H20O/c1-3-4-5-6-7-12-9-8-11(2)13(14)10-12/h5-7,13-14H,2-4,8-10H2,1H3/b6-5+,12-7-. The van der Waals surface area contributed by atoms with Crippen molar-refractivity contribution in [3.63, 3.8) is 0 Å². The molecule has 0 aliphatic heterocycles. The van der Waals surface area contributed by atoms with Crippen LogP contribution in [0.1, 0.15) is 39.0 Å². The summed E-state index contributed by atoms with van der Waals surface area (Å²) in [6.07, 6.45) is 11.2. The van der Waals surface area contributed by atoms with Gasteiger partial charge in [-0.2, -0.15) is 0 Å². The smallest absolute Gasteiger partial charge is 0.0784 e. The Hall–Kier alpha value is -0.820. The van der Waals surface area contributed by atoms with E-state index in [0.717, 1.165) is 31.3 Å². The first-order valence-electron chi connectivity index (χ1n) is 5.44. The van der Waals surface area contributed by atoms with Gasteiger partial charge in [0.15, 0.2) is 0 Å². The van der Waals surface area contributed by atoms with Crippen molar-refractivity contribution < 1.29 is 5.11 Å². The summed E-state index contributed by atoms with van der Waals surface area (Å²) in [6.45, 7) is 6.02. The molecule has 1 heteroatoms. The fourth-order valence-electron chi connectivity index (χ4n) is 1.60. The molecule has 1 rings (SSSR count). The van der Waals surface area contributed by atoms with Gasteiger partial charge in [-0.05, 0) is 31.3 Å². The highest BCUT2D eigenvalue weighted by molar-refractivity contribution is 5.22. The summed E-state index contributed by atoms with van der Waals surface area (Å²) in [5.41, 5.74) is 2.33. The Balaban J connectivity index is 2.42. The first kappa shape index (κ1) is 11.3. The molecule has 0 spiro atoms. The maximum atomic E-state index is 9.59. The quantitative estimate of drug-likeness (QED) is 0.680. The number of rotatable bonds is 3. The van der Waals surface area contributed by atoms with E-state index in [1.807, 2.05) is 0 Å². The Kier molecular flexibility index (Phi) is 4.68. The van der Waals surface area contributed by atoms with Gasteiger partial charge in [0.25, 0.3) is 0 Å². The number of hydrogen-bond donors (Lipinski definition) is 1. The van der Waals surface area contributed by atoms with Gasteiger partial charge in [0.05, 0.1) is 6.10 Å². The van der Waals surface area contributed by atoms with E-state index in [2.05, 4.69) is 31.7 Å². The number of allylic oxidation sites excluding steroid dienone is 3. The molecule has 1 nitrogen and oxygen atoms in total. The molecule has 1 N–H and O–H groups in total. The average molecular weight is 192 g/mol. The van der Waals surface area contributed by atoms with E-state index < -0.39 is 0 Å². The zero-order valence-corrected chi connectivity index (χ0v) is 9.00. The van der Waals surface area contributed by atoms with Gasteiger partial charge in [0.1, 0.15) is 0 Å². The molecule has 0 aromatic rings. The highest BCUT2D eigenvalue weighted by Gasteiger charge is 2.16. The third kappa shape index (κ3) is 3.51. The van der Waals surface area contributed by atoms with E-state index >= 15 is 0 Å². The van der Waals surface area contributed by atoms with Gasteiger partial charge in [0, 0.05) is 0 Å². The minimum atomic E-state index is -0.311.